The number of alkyl halides is 3. The van der Waals surface area contributed by atoms with E-state index in [-0.39, 0.29) is 12.8 Å². The van der Waals surface area contributed by atoms with Gasteiger partial charge in [0.05, 0.1) is 0 Å². The monoisotopic (exact) mass is 270 g/mol. The molecule has 18 heavy (non-hydrogen) atoms. The van der Waals surface area contributed by atoms with E-state index in [0.29, 0.717) is 6.42 Å². The Hall–Kier alpha value is -0.820. The van der Waals surface area contributed by atoms with E-state index in [1.807, 2.05) is 0 Å². The lowest BCUT2D eigenvalue weighted by Crippen LogP contribution is -2.48. The second-order valence-corrected chi connectivity index (χ2v) is 5.19. The highest BCUT2D eigenvalue weighted by Gasteiger charge is 2.49. The molecular weight excluding hydrogens is 253 g/mol. The van der Waals surface area contributed by atoms with Crippen LogP contribution in [0.25, 0.3) is 0 Å². The van der Waals surface area contributed by atoms with Crippen molar-refractivity contribution in [2.45, 2.75) is 57.8 Å². The highest BCUT2D eigenvalue weighted by Crippen LogP contribution is 2.41. The predicted molar refractivity (Wildman–Crippen MR) is 55.5 cm³/mol. The van der Waals surface area contributed by atoms with Gasteiger partial charge in [-0.15, -0.1) is 13.2 Å². The molecule has 1 fully saturated rings. The number of esters is 1. The second kappa shape index (κ2) is 5.05. The van der Waals surface area contributed by atoms with Crippen LogP contribution in [-0.4, -0.2) is 30.3 Å². The summed E-state index contributed by atoms with van der Waals surface area (Å²) in [5.41, 5.74) is -0.696. The van der Waals surface area contributed by atoms with Crippen LogP contribution in [0.15, 0.2) is 0 Å². The van der Waals surface area contributed by atoms with Gasteiger partial charge in [0.25, 0.3) is 0 Å². The van der Waals surface area contributed by atoms with E-state index in [9.17, 15) is 18.0 Å². The highest BCUT2D eigenvalue weighted by molar-refractivity contribution is 5.71. The van der Waals surface area contributed by atoms with Gasteiger partial charge in [-0.2, -0.15) is 0 Å². The molecule has 1 saturated carbocycles. The maximum atomic E-state index is 12.1. The molecule has 0 aromatic rings. The second-order valence-electron chi connectivity index (χ2n) is 5.19. The fraction of sp³-hybridized carbons (Fsp3) is 0.909. The molecule has 0 bridgehead atoms. The highest BCUT2D eigenvalue weighted by atomic mass is 19.4. The van der Waals surface area contributed by atoms with Crippen molar-refractivity contribution in [1.29, 1.82) is 0 Å². The molecule has 106 valence electrons. The molecule has 0 aromatic carbocycles. The first-order valence-electron chi connectivity index (χ1n) is 5.64. The Morgan fingerprint density at radius 2 is 1.78 bits per heavy atom. The lowest BCUT2D eigenvalue weighted by Gasteiger charge is -2.40. The number of ether oxygens (including phenoxy) is 3. The third-order valence-corrected chi connectivity index (χ3v) is 2.29. The van der Waals surface area contributed by atoms with Gasteiger partial charge in [0.1, 0.15) is 12.2 Å². The maximum absolute atomic E-state index is 12.1. The van der Waals surface area contributed by atoms with E-state index in [1.165, 1.54) is 0 Å². The zero-order chi connectivity index (χ0) is 14.0. The minimum absolute atomic E-state index is 0.120. The molecule has 7 heteroatoms. The van der Waals surface area contributed by atoms with Crippen LogP contribution < -0.4 is 0 Å². The smallest absolute Gasteiger partial charge is 0.458 e. The quantitative estimate of drug-likeness (QED) is 0.582. The maximum Gasteiger partial charge on any atom is 0.524 e. The third-order valence-electron chi connectivity index (χ3n) is 2.29. The van der Waals surface area contributed by atoms with Gasteiger partial charge in [-0.25, -0.2) is 4.79 Å². The summed E-state index contributed by atoms with van der Waals surface area (Å²) in [7, 11) is 0. The van der Waals surface area contributed by atoms with E-state index in [4.69, 9.17) is 9.47 Å². The van der Waals surface area contributed by atoms with Crippen molar-refractivity contribution in [2.75, 3.05) is 6.61 Å². The van der Waals surface area contributed by atoms with Gasteiger partial charge in [0.15, 0.2) is 5.79 Å². The molecule has 0 spiro atoms. The zero-order valence-electron chi connectivity index (χ0n) is 10.6. The first kappa shape index (κ1) is 15.2. The summed E-state index contributed by atoms with van der Waals surface area (Å²) in [6.07, 6.45) is -3.95. The minimum atomic E-state index is -4.77. The molecule has 0 heterocycles. The summed E-state index contributed by atoms with van der Waals surface area (Å²) in [5, 5.41) is 0. The lowest BCUT2D eigenvalue weighted by molar-refractivity contribution is -0.433. The number of carbonyl (C=O) groups excluding carboxylic acids is 1. The van der Waals surface area contributed by atoms with Crippen molar-refractivity contribution in [3.63, 3.8) is 0 Å². The van der Waals surface area contributed by atoms with Gasteiger partial charge in [0.2, 0.25) is 0 Å². The largest absolute Gasteiger partial charge is 0.524 e. The minimum Gasteiger partial charge on any atom is -0.458 e. The fourth-order valence-corrected chi connectivity index (χ4v) is 1.51. The SMILES string of the molecule is CC(C)(C)OC(=O)COC1(OC(F)(F)F)CCC1. The molecule has 0 unspecified atom stereocenters. The first-order chi connectivity index (χ1) is 8.02. The van der Waals surface area contributed by atoms with Crippen molar-refractivity contribution in [1.82, 2.24) is 0 Å². The van der Waals surface area contributed by atoms with Gasteiger partial charge in [0, 0.05) is 12.8 Å². The van der Waals surface area contributed by atoms with Gasteiger partial charge < -0.3 is 9.47 Å². The molecule has 0 radical (unpaired) electrons. The molecule has 0 aliphatic heterocycles. The summed E-state index contributed by atoms with van der Waals surface area (Å²) >= 11 is 0. The average Bonchev–Trinajstić information content (AvgIpc) is 2.04. The molecule has 0 N–H and O–H groups in total. The van der Waals surface area contributed by atoms with Crippen molar-refractivity contribution in [2.24, 2.45) is 0 Å². The molecule has 0 atom stereocenters. The Balaban J connectivity index is 2.43. The summed E-state index contributed by atoms with van der Waals surface area (Å²) < 4.78 is 50.2. The molecule has 0 aromatic heterocycles. The van der Waals surface area contributed by atoms with Crippen LogP contribution in [0.4, 0.5) is 13.2 Å². The van der Waals surface area contributed by atoms with Gasteiger partial charge in [-0.05, 0) is 27.2 Å². The van der Waals surface area contributed by atoms with Crippen LogP contribution in [0.2, 0.25) is 0 Å². The van der Waals surface area contributed by atoms with Crippen LogP contribution in [0.5, 0.6) is 0 Å². The Kier molecular flexibility index (Phi) is 4.27. The van der Waals surface area contributed by atoms with Crippen molar-refractivity contribution in [3.8, 4) is 0 Å². The van der Waals surface area contributed by atoms with Crippen LogP contribution >= 0.6 is 0 Å². The van der Waals surface area contributed by atoms with E-state index < -0.39 is 30.3 Å². The summed E-state index contributed by atoms with van der Waals surface area (Å²) in [4.78, 5) is 11.3. The van der Waals surface area contributed by atoms with Crippen LogP contribution in [0, 0.1) is 0 Å². The molecular formula is C11H17F3O4. The number of rotatable bonds is 4. The van der Waals surface area contributed by atoms with Crippen molar-refractivity contribution in [3.05, 3.63) is 0 Å². The molecule has 0 saturated heterocycles. The zero-order valence-corrected chi connectivity index (χ0v) is 10.6. The summed E-state index contributed by atoms with van der Waals surface area (Å²) in [6.45, 7) is 4.44. The summed E-state index contributed by atoms with van der Waals surface area (Å²) in [6, 6.07) is 0. The molecule has 4 nitrogen and oxygen atoms in total. The number of carbonyl (C=O) groups is 1. The van der Waals surface area contributed by atoms with Crippen LogP contribution in [0.1, 0.15) is 40.0 Å². The average molecular weight is 270 g/mol. The standard InChI is InChI=1S/C11H17F3O4/c1-9(2,3)17-8(15)7-16-10(5-4-6-10)18-11(12,13)14/h4-7H2,1-3H3. The first-order valence-corrected chi connectivity index (χ1v) is 5.64. The Bertz CT molecular complexity index is 302. The van der Waals surface area contributed by atoms with Crippen molar-refractivity contribution < 1.29 is 32.2 Å². The van der Waals surface area contributed by atoms with E-state index in [1.54, 1.807) is 20.8 Å². The topological polar surface area (TPSA) is 44.8 Å². The molecule has 1 rings (SSSR count). The van der Waals surface area contributed by atoms with E-state index >= 15 is 0 Å². The van der Waals surface area contributed by atoms with Crippen molar-refractivity contribution >= 4 is 5.97 Å². The number of hydrogen-bond donors (Lipinski definition) is 0. The van der Waals surface area contributed by atoms with E-state index in [2.05, 4.69) is 4.74 Å². The van der Waals surface area contributed by atoms with Gasteiger partial charge in [-0.3, -0.25) is 4.74 Å². The fourth-order valence-electron chi connectivity index (χ4n) is 1.51. The van der Waals surface area contributed by atoms with E-state index in [0.717, 1.165) is 0 Å². The van der Waals surface area contributed by atoms with Crippen LogP contribution in [-0.2, 0) is 19.0 Å². The predicted octanol–water partition coefficient (Wildman–Crippen LogP) is 2.76. The van der Waals surface area contributed by atoms with Crippen LogP contribution in [0.3, 0.4) is 0 Å². The Morgan fingerprint density at radius 1 is 1.22 bits per heavy atom. The molecule has 1 aliphatic rings. The normalized spacial score (nSPS) is 19.2. The Labute approximate surface area is 103 Å². The van der Waals surface area contributed by atoms with Gasteiger partial charge in [-0.1, -0.05) is 0 Å². The Morgan fingerprint density at radius 3 is 2.11 bits per heavy atom. The number of hydrogen-bond acceptors (Lipinski definition) is 4. The number of halogens is 3. The third kappa shape index (κ3) is 5.22. The molecule has 1 aliphatic carbocycles. The van der Waals surface area contributed by atoms with Gasteiger partial charge >= 0.3 is 12.3 Å². The lowest BCUT2D eigenvalue weighted by atomic mass is 9.91. The summed E-state index contributed by atoms with van der Waals surface area (Å²) in [5.74, 6) is -2.42. The molecule has 0 amide bonds.